The van der Waals surface area contributed by atoms with Crippen LogP contribution in [0.2, 0.25) is 0 Å². The number of carbonyl (C=O) groups excluding carboxylic acids is 1. The number of nitrogens with zero attached hydrogens (tertiary/aromatic N) is 3. The van der Waals surface area contributed by atoms with Crippen LogP contribution < -0.4 is 10.1 Å². The second kappa shape index (κ2) is 8.84. The fourth-order valence-corrected chi connectivity index (χ4v) is 3.54. The third-order valence-corrected chi connectivity index (χ3v) is 4.89. The number of piperidine rings is 1. The Bertz CT molecular complexity index is 794. The number of ether oxygens (including phenoxy) is 1. The summed E-state index contributed by atoms with van der Waals surface area (Å²) in [6.45, 7) is 6.32. The zero-order chi connectivity index (χ0) is 19.2. The molecule has 1 N–H and O–H groups in total. The highest BCUT2D eigenvalue weighted by molar-refractivity contribution is 5.93. The van der Waals surface area contributed by atoms with Crippen LogP contribution >= 0.6 is 0 Å². The van der Waals surface area contributed by atoms with Crippen molar-refractivity contribution in [2.45, 2.75) is 33.1 Å². The molecule has 1 saturated heterocycles. The van der Waals surface area contributed by atoms with Crippen LogP contribution in [0.25, 0.3) is 0 Å². The van der Waals surface area contributed by atoms with Gasteiger partial charge in [-0.25, -0.2) is 9.97 Å². The molecule has 1 fully saturated rings. The average Bonchev–Trinajstić information content (AvgIpc) is 2.67. The van der Waals surface area contributed by atoms with Crippen molar-refractivity contribution in [2.24, 2.45) is 5.92 Å². The van der Waals surface area contributed by atoms with Gasteiger partial charge in [-0.05, 0) is 43.7 Å². The van der Waals surface area contributed by atoms with Crippen LogP contribution in [0.15, 0.2) is 30.3 Å². The third-order valence-electron chi connectivity index (χ3n) is 4.89. The number of methoxy groups -OCH3 is 1. The minimum atomic E-state index is -0.000159. The van der Waals surface area contributed by atoms with E-state index in [0.29, 0.717) is 29.8 Å². The maximum Gasteiger partial charge on any atom is 0.272 e. The van der Waals surface area contributed by atoms with Crippen LogP contribution in [-0.2, 0) is 6.42 Å². The lowest BCUT2D eigenvalue weighted by atomic mass is 10.00. The van der Waals surface area contributed by atoms with E-state index in [9.17, 15) is 4.79 Å². The Kier molecular flexibility index (Phi) is 6.27. The molecule has 1 aromatic carbocycles. The Morgan fingerprint density at radius 2 is 2.15 bits per heavy atom. The molecule has 6 heteroatoms. The maximum absolute atomic E-state index is 12.8. The highest BCUT2D eigenvalue weighted by Gasteiger charge is 2.23. The lowest BCUT2D eigenvalue weighted by molar-refractivity contribution is 0.0676. The van der Waals surface area contributed by atoms with Gasteiger partial charge in [-0.1, -0.05) is 25.1 Å². The monoisotopic (exact) mass is 368 g/mol. The van der Waals surface area contributed by atoms with Gasteiger partial charge < -0.3 is 15.0 Å². The molecule has 3 rings (SSSR count). The van der Waals surface area contributed by atoms with Crippen molar-refractivity contribution in [1.82, 2.24) is 14.9 Å². The summed E-state index contributed by atoms with van der Waals surface area (Å²) in [5, 5.41) is 3.31. The van der Waals surface area contributed by atoms with Crippen molar-refractivity contribution >= 4 is 11.7 Å². The lowest BCUT2D eigenvalue weighted by Gasteiger charge is -2.30. The SMILES string of the molecule is COc1ccccc1CCNc1cc(C(=O)N2CCCC(C)C2)nc(C)n1. The lowest BCUT2D eigenvalue weighted by Crippen LogP contribution is -2.39. The Labute approximate surface area is 161 Å². The van der Waals surface area contributed by atoms with Gasteiger partial charge in [-0.2, -0.15) is 0 Å². The van der Waals surface area contributed by atoms with Gasteiger partial charge in [-0.3, -0.25) is 4.79 Å². The van der Waals surface area contributed by atoms with Gasteiger partial charge in [0.05, 0.1) is 7.11 Å². The molecule has 2 heterocycles. The summed E-state index contributed by atoms with van der Waals surface area (Å²) in [5.74, 6) is 2.72. The van der Waals surface area contributed by atoms with Crippen molar-refractivity contribution in [3.63, 3.8) is 0 Å². The van der Waals surface area contributed by atoms with Crippen LogP contribution in [0, 0.1) is 12.8 Å². The largest absolute Gasteiger partial charge is 0.496 e. The van der Waals surface area contributed by atoms with Crippen LogP contribution in [0.5, 0.6) is 5.75 Å². The number of anilines is 1. The number of hydrogen-bond acceptors (Lipinski definition) is 5. The van der Waals surface area contributed by atoms with Gasteiger partial charge >= 0.3 is 0 Å². The summed E-state index contributed by atoms with van der Waals surface area (Å²) < 4.78 is 5.39. The first-order valence-electron chi connectivity index (χ1n) is 9.57. The second-order valence-electron chi connectivity index (χ2n) is 7.17. The van der Waals surface area contributed by atoms with Crippen molar-refractivity contribution in [3.05, 3.63) is 47.4 Å². The Hall–Kier alpha value is -2.63. The number of hydrogen-bond donors (Lipinski definition) is 1. The topological polar surface area (TPSA) is 67.3 Å². The molecular formula is C21H28N4O2. The number of likely N-dealkylation sites (tertiary alicyclic amines) is 1. The number of aromatic nitrogens is 2. The van der Waals surface area contributed by atoms with Crippen molar-refractivity contribution in [2.75, 3.05) is 32.1 Å². The second-order valence-corrected chi connectivity index (χ2v) is 7.17. The van der Waals surface area contributed by atoms with E-state index in [1.165, 1.54) is 6.42 Å². The molecule has 1 amide bonds. The van der Waals surface area contributed by atoms with Gasteiger partial charge in [-0.15, -0.1) is 0 Å². The smallest absolute Gasteiger partial charge is 0.272 e. The summed E-state index contributed by atoms with van der Waals surface area (Å²) in [7, 11) is 1.68. The molecule has 0 aliphatic carbocycles. The number of benzene rings is 1. The predicted molar refractivity (Wildman–Crippen MR) is 106 cm³/mol. The zero-order valence-corrected chi connectivity index (χ0v) is 16.4. The minimum Gasteiger partial charge on any atom is -0.496 e. The van der Waals surface area contributed by atoms with Gasteiger partial charge in [0.2, 0.25) is 0 Å². The van der Waals surface area contributed by atoms with Crippen molar-refractivity contribution < 1.29 is 9.53 Å². The fraction of sp³-hybridized carbons (Fsp3) is 0.476. The normalized spacial score (nSPS) is 16.9. The maximum atomic E-state index is 12.8. The number of nitrogens with one attached hydrogen (secondary N) is 1. The van der Waals surface area contributed by atoms with Crippen LogP contribution in [0.4, 0.5) is 5.82 Å². The number of aryl methyl sites for hydroxylation is 1. The van der Waals surface area contributed by atoms with E-state index in [0.717, 1.165) is 37.2 Å². The first-order chi connectivity index (χ1) is 13.1. The molecule has 1 aliphatic heterocycles. The molecule has 2 aromatic rings. The third kappa shape index (κ3) is 4.96. The van der Waals surface area contributed by atoms with E-state index in [1.807, 2.05) is 30.0 Å². The Morgan fingerprint density at radius 1 is 1.33 bits per heavy atom. The summed E-state index contributed by atoms with van der Waals surface area (Å²) in [5.41, 5.74) is 1.60. The van der Waals surface area contributed by atoms with E-state index in [-0.39, 0.29) is 5.91 Å². The van der Waals surface area contributed by atoms with E-state index in [2.05, 4.69) is 28.3 Å². The number of para-hydroxylation sites is 1. The van der Waals surface area contributed by atoms with Gasteiger partial charge in [0.15, 0.2) is 0 Å². The van der Waals surface area contributed by atoms with Gasteiger partial charge in [0.25, 0.3) is 5.91 Å². The predicted octanol–water partition coefficient (Wildman–Crippen LogP) is 3.32. The van der Waals surface area contributed by atoms with Gasteiger partial charge in [0.1, 0.15) is 23.1 Å². The van der Waals surface area contributed by atoms with E-state index in [1.54, 1.807) is 13.2 Å². The quantitative estimate of drug-likeness (QED) is 0.847. The number of carbonyl (C=O) groups is 1. The Balaban J connectivity index is 1.65. The average molecular weight is 368 g/mol. The van der Waals surface area contributed by atoms with E-state index < -0.39 is 0 Å². The molecule has 0 spiro atoms. The van der Waals surface area contributed by atoms with E-state index in [4.69, 9.17) is 4.74 Å². The molecule has 1 aliphatic rings. The molecule has 144 valence electrons. The van der Waals surface area contributed by atoms with Crippen LogP contribution in [-0.4, -0.2) is 47.5 Å². The molecule has 27 heavy (non-hydrogen) atoms. The standard InChI is InChI=1S/C21H28N4O2/c1-15-7-6-12-25(14-15)21(26)18-13-20(24-16(2)23-18)22-11-10-17-8-4-5-9-19(17)27-3/h4-5,8-9,13,15H,6-7,10-12,14H2,1-3H3,(H,22,23,24). The summed E-state index contributed by atoms with van der Waals surface area (Å²) in [6, 6.07) is 9.74. The minimum absolute atomic E-state index is 0.000159. The van der Waals surface area contributed by atoms with Crippen LogP contribution in [0.3, 0.4) is 0 Å². The first kappa shape index (κ1) is 19.1. The first-order valence-corrected chi connectivity index (χ1v) is 9.57. The fourth-order valence-electron chi connectivity index (χ4n) is 3.54. The highest BCUT2D eigenvalue weighted by Crippen LogP contribution is 2.19. The van der Waals surface area contributed by atoms with Crippen molar-refractivity contribution in [3.8, 4) is 5.75 Å². The highest BCUT2D eigenvalue weighted by atomic mass is 16.5. The molecule has 0 radical (unpaired) electrons. The molecule has 6 nitrogen and oxygen atoms in total. The molecule has 1 aromatic heterocycles. The number of rotatable bonds is 6. The van der Waals surface area contributed by atoms with Crippen molar-refractivity contribution in [1.29, 1.82) is 0 Å². The summed E-state index contributed by atoms with van der Waals surface area (Å²) >= 11 is 0. The summed E-state index contributed by atoms with van der Waals surface area (Å²) in [6.07, 6.45) is 3.04. The molecule has 0 saturated carbocycles. The molecule has 1 atom stereocenters. The van der Waals surface area contributed by atoms with Crippen LogP contribution in [0.1, 0.15) is 41.6 Å². The molecule has 0 bridgehead atoms. The van der Waals surface area contributed by atoms with E-state index >= 15 is 0 Å². The zero-order valence-electron chi connectivity index (χ0n) is 16.4. The Morgan fingerprint density at radius 3 is 2.93 bits per heavy atom. The molecular weight excluding hydrogens is 340 g/mol. The summed E-state index contributed by atoms with van der Waals surface area (Å²) in [4.78, 5) is 23.5. The van der Waals surface area contributed by atoms with Gasteiger partial charge in [0, 0.05) is 25.7 Å². The number of amides is 1. The molecule has 1 unspecified atom stereocenters.